The number of carbonyl (C=O) groups excluding carboxylic acids is 2. The molecule has 2 amide bonds. The lowest BCUT2D eigenvalue weighted by molar-refractivity contribution is -0.138. The monoisotopic (exact) mass is 331 g/mol. The minimum Gasteiger partial charge on any atom is -0.354 e. The highest BCUT2D eigenvalue weighted by Gasteiger charge is 2.29. The second kappa shape index (κ2) is 8.83. The Morgan fingerprint density at radius 2 is 2.04 bits per heavy atom. The third kappa shape index (κ3) is 4.81. The molecule has 5 heteroatoms. The smallest absolute Gasteiger partial charge is 0.225 e. The lowest BCUT2D eigenvalue weighted by Gasteiger charge is -2.33. The van der Waals surface area contributed by atoms with Gasteiger partial charge in [0.05, 0.1) is 5.92 Å². The van der Waals surface area contributed by atoms with Crippen LogP contribution in [0.3, 0.4) is 0 Å². The quantitative estimate of drug-likeness (QED) is 0.838. The Hall–Kier alpha value is -1.88. The molecule has 0 saturated carbocycles. The number of rotatable bonds is 6. The van der Waals surface area contributed by atoms with E-state index < -0.39 is 0 Å². The van der Waals surface area contributed by atoms with Gasteiger partial charge in [-0.15, -0.1) is 0 Å². The molecule has 0 bridgehead atoms. The molecule has 3 N–H and O–H groups in total. The summed E-state index contributed by atoms with van der Waals surface area (Å²) in [5, 5.41) is 2.95. The summed E-state index contributed by atoms with van der Waals surface area (Å²) in [4.78, 5) is 26.6. The average Bonchev–Trinajstić information content (AvgIpc) is 2.65. The molecule has 24 heavy (non-hydrogen) atoms. The number of carbonyl (C=O) groups is 2. The highest BCUT2D eigenvalue weighted by Crippen LogP contribution is 2.19. The van der Waals surface area contributed by atoms with Gasteiger partial charge in [-0.25, -0.2) is 0 Å². The van der Waals surface area contributed by atoms with E-state index in [1.165, 1.54) is 0 Å². The summed E-state index contributed by atoms with van der Waals surface area (Å²) in [5.41, 5.74) is 7.14. The first-order valence-electron chi connectivity index (χ1n) is 8.90. The van der Waals surface area contributed by atoms with E-state index in [1.807, 2.05) is 49.1 Å². The van der Waals surface area contributed by atoms with Crippen LogP contribution in [-0.4, -0.2) is 36.3 Å². The van der Waals surface area contributed by atoms with Gasteiger partial charge in [0.2, 0.25) is 11.8 Å². The first kappa shape index (κ1) is 18.5. The molecule has 5 nitrogen and oxygen atoms in total. The topological polar surface area (TPSA) is 75.4 Å². The molecule has 0 spiro atoms. The Morgan fingerprint density at radius 1 is 1.33 bits per heavy atom. The number of hydrogen-bond donors (Lipinski definition) is 2. The van der Waals surface area contributed by atoms with Crippen molar-refractivity contribution in [2.24, 2.45) is 17.6 Å². The maximum absolute atomic E-state index is 12.4. The Balaban J connectivity index is 1.84. The van der Waals surface area contributed by atoms with E-state index in [-0.39, 0.29) is 29.7 Å². The number of hydrogen-bond acceptors (Lipinski definition) is 3. The van der Waals surface area contributed by atoms with Crippen molar-refractivity contribution in [1.29, 1.82) is 0 Å². The summed E-state index contributed by atoms with van der Waals surface area (Å²) in [6.07, 6.45) is 2.54. The van der Waals surface area contributed by atoms with Crippen molar-refractivity contribution in [3.8, 4) is 0 Å². The highest BCUT2D eigenvalue weighted by atomic mass is 16.2. The van der Waals surface area contributed by atoms with Crippen LogP contribution in [0, 0.1) is 11.8 Å². The molecular formula is C19H29N3O2. The predicted molar refractivity (Wildman–Crippen MR) is 95.1 cm³/mol. The Bertz CT molecular complexity index is 547. The van der Waals surface area contributed by atoms with E-state index in [9.17, 15) is 9.59 Å². The molecule has 1 aromatic rings. The third-order valence-electron chi connectivity index (χ3n) is 4.86. The molecular weight excluding hydrogens is 302 g/mol. The molecule has 1 aliphatic rings. The maximum atomic E-state index is 12.4. The zero-order chi connectivity index (χ0) is 17.5. The number of nitrogens with one attached hydrogen (secondary N) is 1. The summed E-state index contributed by atoms with van der Waals surface area (Å²) >= 11 is 0. The fraction of sp³-hybridized carbons (Fsp3) is 0.579. The van der Waals surface area contributed by atoms with Crippen molar-refractivity contribution >= 4 is 11.8 Å². The molecule has 0 aromatic heterocycles. The Kier molecular flexibility index (Phi) is 6.79. The van der Waals surface area contributed by atoms with Gasteiger partial charge < -0.3 is 16.0 Å². The average molecular weight is 331 g/mol. The van der Waals surface area contributed by atoms with Gasteiger partial charge in [0.1, 0.15) is 0 Å². The normalized spacial score (nSPS) is 20.3. The van der Waals surface area contributed by atoms with Crippen LogP contribution in [-0.2, 0) is 9.59 Å². The van der Waals surface area contributed by atoms with E-state index in [2.05, 4.69) is 5.32 Å². The van der Waals surface area contributed by atoms with Crippen molar-refractivity contribution in [1.82, 2.24) is 10.2 Å². The Morgan fingerprint density at radius 3 is 2.71 bits per heavy atom. The van der Waals surface area contributed by atoms with Gasteiger partial charge in [0, 0.05) is 31.6 Å². The van der Waals surface area contributed by atoms with Crippen LogP contribution < -0.4 is 11.1 Å². The van der Waals surface area contributed by atoms with Gasteiger partial charge >= 0.3 is 0 Å². The van der Waals surface area contributed by atoms with Crippen LogP contribution in [0.2, 0.25) is 0 Å². The lowest BCUT2D eigenvalue weighted by atomic mass is 9.95. The SMILES string of the molecule is CCC(C)C(=O)N1CCCC(C(=O)NCC(N)c2ccccc2)C1. The molecule has 1 aliphatic heterocycles. The van der Waals surface area contributed by atoms with Gasteiger partial charge in [-0.1, -0.05) is 44.2 Å². The zero-order valence-corrected chi connectivity index (χ0v) is 14.7. The number of amides is 2. The Labute approximate surface area is 144 Å². The van der Waals surface area contributed by atoms with Gasteiger partial charge in [0.15, 0.2) is 0 Å². The zero-order valence-electron chi connectivity index (χ0n) is 14.7. The van der Waals surface area contributed by atoms with Gasteiger partial charge in [0.25, 0.3) is 0 Å². The predicted octanol–water partition coefficient (Wildman–Crippen LogP) is 2.09. The van der Waals surface area contributed by atoms with E-state index in [1.54, 1.807) is 0 Å². The second-order valence-corrected chi connectivity index (χ2v) is 6.70. The first-order chi connectivity index (χ1) is 11.5. The van der Waals surface area contributed by atoms with Crippen LogP contribution in [0.25, 0.3) is 0 Å². The van der Waals surface area contributed by atoms with Gasteiger partial charge in [-0.2, -0.15) is 0 Å². The largest absolute Gasteiger partial charge is 0.354 e. The number of nitrogens with two attached hydrogens (primary N) is 1. The molecule has 1 fully saturated rings. The molecule has 0 radical (unpaired) electrons. The molecule has 0 aliphatic carbocycles. The number of nitrogens with zero attached hydrogens (tertiary/aromatic N) is 1. The van der Waals surface area contributed by atoms with E-state index in [4.69, 9.17) is 5.73 Å². The molecule has 1 heterocycles. The maximum Gasteiger partial charge on any atom is 0.225 e. The van der Waals surface area contributed by atoms with Crippen molar-refractivity contribution in [2.75, 3.05) is 19.6 Å². The standard InChI is InChI=1S/C19H29N3O2/c1-3-14(2)19(24)22-11-7-10-16(13-22)18(23)21-12-17(20)15-8-5-4-6-9-15/h4-6,8-9,14,16-17H,3,7,10-13,20H2,1-2H3,(H,21,23). The molecule has 1 saturated heterocycles. The van der Waals surface area contributed by atoms with Crippen molar-refractivity contribution in [3.05, 3.63) is 35.9 Å². The number of piperidine rings is 1. The number of likely N-dealkylation sites (tertiary alicyclic amines) is 1. The molecule has 3 unspecified atom stereocenters. The van der Waals surface area contributed by atoms with E-state index >= 15 is 0 Å². The fourth-order valence-corrected chi connectivity index (χ4v) is 3.05. The van der Waals surface area contributed by atoms with E-state index in [0.29, 0.717) is 13.1 Å². The highest BCUT2D eigenvalue weighted by molar-refractivity contribution is 5.82. The fourth-order valence-electron chi connectivity index (χ4n) is 3.05. The molecule has 1 aromatic carbocycles. The van der Waals surface area contributed by atoms with Crippen LogP contribution >= 0.6 is 0 Å². The minimum absolute atomic E-state index is 0.00281. The van der Waals surface area contributed by atoms with E-state index in [0.717, 1.165) is 31.4 Å². The minimum atomic E-state index is -0.211. The molecule has 2 rings (SSSR count). The molecule has 132 valence electrons. The molecule has 3 atom stereocenters. The van der Waals surface area contributed by atoms with Crippen molar-refractivity contribution in [3.63, 3.8) is 0 Å². The summed E-state index contributed by atoms with van der Waals surface area (Å²) in [7, 11) is 0. The summed E-state index contributed by atoms with van der Waals surface area (Å²) < 4.78 is 0. The van der Waals surface area contributed by atoms with Crippen molar-refractivity contribution < 1.29 is 9.59 Å². The number of benzene rings is 1. The third-order valence-corrected chi connectivity index (χ3v) is 4.86. The summed E-state index contributed by atoms with van der Waals surface area (Å²) in [6, 6.07) is 9.54. The summed E-state index contributed by atoms with van der Waals surface area (Å²) in [6.45, 7) is 5.66. The van der Waals surface area contributed by atoms with Crippen LogP contribution in [0.1, 0.15) is 44.7 Å². The van der Waals surface area contributed by atoms with Gasteiger partial charge in [-0.05, 0) is 24.8 Å². The van der Waals surface area contributed by atoms with Crippen LogP contribution in [0.4, 0.5) is 0 Å². The van der Waals surface area contributed by atoms with Crippen molar-refractivity contribution in [2.45, 2.75) is 39.2 Å². The lowest BCUT2D eigenvalue weighted by Crippen LogP contribution is -2.47. The van der Waals surface area contributed by atoms with Crippen LogP contribution in [0.5, 0.6) is 0 Å². The van der Waals surface area contributed by atoms with Crippen LogP contribution in [0.15, 0.2) is 30.3 Å². The summed E-state index contributed by atoms with van der Waals surface area (Å²) in [5.74, 6) is 0.0621. The van der Waals surface area contributed by atoms with Gasteiger partial charge in [-0.3, -0.25) is 9.59 Å². The second-order valence-electron chi connectivity index (χ2n) is 6.70. The first-order valence-corrected chi connectivity index (χ1v) is 8.90.